The zero-order valence-electron chi connectivity index (χ0n) is 19.4. The predicted octanol–water partition coefficient (Wildman–Crippen LogP) is 5.62. The molecule has 1 aliphatic heterocycles. The summed E-state index contributed by atoms with van der Waals surface area (Å²) in [5.74, 6) is -2.24. The Labute approximate surface area is 186 Å². The molecule has 1 saturated heterocycles. The van der Waals surface area contributed by atoms with Crippen LogP contribution in [0.15, 0.2) is 60.6 Å². The number of hydrogen-bond acceptors (Lipinski definition) is 3. The van der Waals surface area contributed by atoms with E-state index in [9.17, 15) is 13.6 Å². The van der Waals surface area contributed by atoms with Gasteiger partial charge in [0, 0.05) is 44.6 Å². The molecule has 1 N–H and O–H groups in total. The van der Waals surface area contributed by atoms with E-state index in [1.54, 1.807) is 17.1 Å². The lowest BCUT2D eigenvalue weighted by Crippen LogP contribution is -2.49. The van der Waals surface area contributed by atoms with Crippen molar-refractivity contribution in [2.24, 2.45) is 11.8 Å². The Balaban J connectivity index is 0.00000233. The van der Waals surface area contributed by atoms with Gasteiger partial charge >= 0.3 is 0 Å². The van der Waals surface area contributed by atoms with E-state index in [4.69, 9.17) is 4.74 Å². The van der Waals surface area contributed by atoms with Gasteiger partial charge in [-0.15, -0.1) is 0 Å². The SMILES string of the molecule is C=C/C=C(NC)/C(C)=C/C=C(\C=C)OCC1CCN(C(=O)C2CC(F)(F)C2)CC1.CC. The van der Waals surface area contributed by atoms with E-state index in [0.717, 1.165) is 24.1 Å². The van der Waals surface area contributed by atoms with Crippen molar-refractivity contribution in [1.29, 1.82) is 0 Å². The standard InChI is InChI=1S/C23H32F2N2O2.C2H6/c1-5-7-21(26-4)17(3)8-9-20(6-2)29-16-18-10-12-27(13-11-18)22(28)19-14-23(24,25)15-19;1-2/h5-9,18-19,26H,1-2,10-16H2,3-4H3;1-2H3/b17-8+,20-9+,21-7-;. The number of carbonyl (C=O) groups is 1. The minimum absolute atomic E-state index is 0.115. The highest BCUT2D eigenvalue weighted by atomic mass is 19.3. The Morgan fingerprint density at radius 2 is 1.77 bits per heavy atom. The highest BCUT2D eigenvalue weighted by Gasteiger charge is 2.49. The molecule has 0 spiro atoms. The molecule has 0 bridgehead atoms. The molecule has 6 heteroatoms. The van der Waals surface area contributed by atoms with E-state index in [0.29, 0.717) is 31.4 Å². The number of alkyl halides is 2. The predicted molar refractivity (Wildman–Crippen MR) is 124 cm³/mol. The van der Waals surface area contributed by atoms with Crippen LogP contribution in [0.2, 0.25) is 0 Å². The summed E-state index contributed by atoms with van der Waals surface area (Å²) >= 11 is 0. The van der Waals surface area contributed by atoms with Crippen molar-refractivity contribution in [2.45, 2.75) is 52.4 Å². The van der Waals surface area contributed by atoms with Crippen LogP contribution in [-0.2, 0) is 9.53 Å². The molecule has 1 heterocycles. The maximum absolute atomic E-state index is 13.0. The van der Waals surface area contributed by atoms with Crippen LogP contribution in [0.4, 0.5) is 8.78 Å². The van der Waals surface area contributed by atoms with E-state index in [2.05, 4.69) is 18.5 Å². The van der Waals surface area contributed by atoms with Crippen LogP contribution in [0.5, 0.6) is 0 Å². The molecule has 2 fully saturated rings. The molecule has 1 saturated carbocycles. The van der Waals surface area contributed by atoms with Crippen LogP contribution in [0, 0.1) is 11.8 Å². The molecule has 174 valence electrons. The van der Waals surface area contributed by atoms with Gasteiger partial charge in [-0.2, -0.15) is 0 Å². The van der Waals surface area contributed by atoms with E-state index in [1.807, 2.05) is 46.0 Å². The van der Waals surface area contributed by atoms with Crippen LogP contribution < -0.4 is 5.32 Å². The molecule has 0 aromatic rings. The van der Waals surface area contributed by atoms with Crippen LogP contribution >= 0.6 is 0 Å². The van der Waals surface area contributed by atoms with Crippen LogP contribution in [0.3, 0.4) is 0 Å². The van der Waals surface area contributed by atoms with Crippen LogP contribution in [-0.4, -0.2) is 43.5 Å². The molecule has 1 amide bonds. The largest absolute Gasteiger partial charge is 0.493 e. The molecule has 4 nitrogen and oxygen atoms in total. The first-order chi connectivity index (χ1) is 14.8. The van der Waals surface area contributed by atoms with Crippen molar-refractivity contribution in [3.8, 4) is 0 Å². The fraction of sp³-hybridized carbons (Fsp3) is 0.560. The van der Waals surface area contributed by atoms with Gasteiger partial charge in [0.2, 0.25) is 11.8 Å². The summed E-state index contributed by atoms with van der Waals surface area (Å²) in [7, 11) is 1.86. The molecular formula is C25H38F2N2O2. The van der Waals surface area contributed by atoms with Gasteiger partial charge in [-0.05, 0) is 49.5 Å². The molecule has 0 unspecified atom stereocenters. The lowest BCUT2D eigenvalue weighted by Gasteiger charge is -2.39. The zero-order chi connectivity index (χ0) is 23.4. The van der Waals surface area contributed by atoms with Gasteiger partial charge in [-0.3, -0.25) is 4.79 Å². The third kappa shape index (κ3) is 8.35. The second kappa shape index (κ2) is 13.1. The molecule has 2 aliphatic rings. The van der Waals surface area contributed by atoms with Crippen molar-refractivity contribution in [2.75, 3.05) is 26.7 Å². The lowest BCUT2D eigenvalue weighted by molar-refractivity contribution is -0.161. The second-order valence-electron chi connectivity index (χ2n) is 7.73. The molecule has 1 aliphatic carbocycles. The third-order valence-corrected chi connectivity index (χ3v) is 5.53. The van der Waals surface area contributed by atoms with Gasteiger partial charge in [0.05, 0.1) is 6.61 Å². The number of ether oxygens (including phenoxy) is 1. The van der Waals surface area contributed by atoms with Gasteiger partial charge in [0.1, 0.15) is 5.76 Å². The summed E-state index contributed by atoms with van der Waals surface area (Å²) in [5, 5.41) is 3.11. The van der Waals surface area contributed by atoms with Crippen molar-refractivity contribution >= 4 is 5.91 Å². The van der Waals surface area contributed by atoms with Crippen molar-refractivity contribution in [3.05, 3.63) is 60.6 Å². The second-order valence-corrected chi connectivity index (χ2v) is 7.73. The molecule has 0 atom stereocenters. The van der Waals surface area contributed by atoms with Crippen molar-refractivity contribution < 1.29 is 18.3 Å². The fourth-order valence-electron chi connectivity index (χ4n) is 3.63. The van der Waals surface area contributed by atoms with E-state index >= 15 is 0 Å². The number of nitrogens with zero attached hydrogens (tertiary/aromatic N) is 1. The first-order valence-corrected chi connectivity index (χ1v) is 11.1. The van der Waals surface area contributed by atoms with Crippen molar-refractivity contribution in [1.82, 2.24) is 10.2 Å². The summed E-state index contributed by atoms with van der Waals surface area (Å²) < 4.78 is 31.9. The number of piperidine rings is 1. The summed E-state index contributed by atoms with van der Waals surface area (Å²) in [6, 6.07) is 0. The van der Waals surface area contributed by atoms with E-state index in [1.165, 1.54) is 0 Å². The maximum Gasteiger partial charge on any atom is 0.249 e. The number of carbonyl (C=O) groups excluding carboxylic acids is 1. The van der Waals surface area contributed by atoms with Crippen molar-refractivity contribution in [3.63, 3.8) is 0 Å². The summed E-state index contributed by atoms with van der Waals surface area (Å²) in [6.45, 7) is 15.3. The van der Waals surface area contributed by atoms with Gasteiger partial charge in [-0.25, -0.2) is 8.78 Å². The van der Waals surface area contributed by atoms with E-state index < -0.39 is 11.8 Å². The molecular weight excluding hydrogens is 398 g/mol. The average Bonchev–Trinajstić information content (AvgIpc) is 2.77. The molecule has 0 aromatic heterocycles. The maximum atomic E-state index is 13.0. The molecule has 31 heavy (non-hydrogen) atoms. The lowest BCUT2D eigenvalue weighted by atomic mass is 9.80. The monoisotopic (exact) mass is 436 g/mol. The third-order valence-electron chi connectivity index (χ3n) is 5.53. The Morgan fingerprint density at radius 3 is 2.26 bits per heavy atom. The number of rotatable bonds is 9. The summed E-state index contributed by atoms with van der Waals surface area (Å²) in [4.78, 5) is 14.0. The van der Waals surface area contributed by atoms with Gasteiger partial charge in [0.25, 0.3) is 0 Å². The Kier molecular flexibility index (Phi) is 11.3. The quantitative estimate of drug-likeness (QED) is 0.377. The van der Waals surface area contributed by atoms with Crippen LogP contribution in [0.1, 0.15) is 46.5 Å². The number of likely N-dealkylation sites (N-methyl/N-ethyl adjacent to an activating group) is 1. The Bertz CT molecular complexity index is 694. The first kappa shape index (κ1) is 26.7. The highest BCUT2D eigenvalue weighted by Crippen LogP contribution is 2.43. The Morgan fingerprint density at radius 1 is 1.16 bits per heavy atom. The topological polar surface area (TPSA) is 41.6 Å². The number of nitrogens with one attached hydrogen (secondary N) is 1. The normalized spacial score (nSPS) is 20.2. The number of likely N-dealkylation sites (tertiary alicyclic amines) is 1. The first-order valence-electron chi connectivity index (χ1n) is 11.1. The molecule has 2 rings (SSSR count). The molecule has 0 radical (unpaired) electrons. The average molecular weight is 437 g/mol. The number of hydrogen-bond donors (Lipinski definition) is 1. The summed E-state index contributed by atoms with van der Waals surface area (Å²) in [5.41, 5.74) is 2.02. The van der Waals surface area contributed by atoms with Crippen LogP contribution in [0.25, 0.3) is 0 Å². The van der Waals surface area contributed by atoms with Gasteiger partial charge < -0.3 is 15.0 Å². The number of allylic oxidation sites excluding steroid dienone is 6. The fourth-order valence-corrected chi connectivity index (χ4v) is 3.63. The number of amides is 1. The number of halogens is 2. The highest BCUT2D eigenvalue weighted by molar-refractivity contribution is 5.80. The minimum atomic E-state index is -2.65. The van der Waals surface area contributed by atoms with Gasteiger partial charge in [-0.1, -0.05) is 39.2 Å². The minimum Gasteiger partial charge on any atom is -0.493 e. The summed E-state index contributed by atoms with van der Waals surface area (Å²) in [6.07, 6.45) is 10.2. The Hall–Kier alpha value is -2.37. The van der Waals surface area contributed by atoms with E-state index in [-0.39, 0.29) is 18.7 Å². The molecule has 0 aromatic carbocycles. The zero-order valence-corrected chi connectivity index (χ0v) is 19.4. The van der Waals surface area contributed by atoms with Gasteiger partial charge in [0.15, 0.2) is 0 Å². The smallest absolute Gasteiger partial charge is 0.249 e.